The second-order valence-electron chi connectivity index (χ2n) is 5.52. The smallest absolute Gasteiger partial charge is 0.239 e. The molecule has 0 aromatic heterocycles. The number of nitrogens with one attached hydrogen (secondary N) is 1. The number of likely N-dealkylation sites (N-methyl/N-ethyl adjacent to an activating group) is 2. The molecule has 0 radical (unpaired) electrons. The summed E-state index contributed by atoms with van der Waals surface area (Å²) in [6.45, 7) is 4.02. The minimum Gasteiger partial charge on any atom is -0.369 e. The SMILES string of the molecule is CNC(=O)CN(C)C(=O)CN1CCN(c2ccccc2)CC1. The average Bonchev–Trinajstić information content (AvgIpc) is 2.56. The standard InChI is InChI=1S/C16H24N4O2/c1-17-15(21)12-18(2)16(22)13-19-8-10-20(11-9-19)14-6-4-3-5-7-14/h3-7H,8-13H2,1-2H3,(H,17,21). The van der Waals surface area contributed by atoms with E-state index in [9.17, 15) is 9.59 Å². The van der Waals surface area contributed by atoms with Crippen LogP contribution in [0.2, 0.25) is 0 Å². The third-order valence-corrected chi connectivity index (χ3v) is 3.94. The summed E-state index contributed by atoms with van der Waals surface area (Å²) in [5.74, 6) is -0.165. The molecule has 1 saturated heterocycles. The molecular weight excluding hydrogens is 280 g/mol. The number of piperazine rings is 1. The van der Waals surface area contributed by atoms with Crippen LogP contribution >= 0.6 is 0 Å². The molecule has 1 N–H and O–H groups in total. The summed E-state index contributed by atoms with van der Waals surface area (Å²) < 4.78 is 0. The lowest BCUT2D eigenvalue weighted by molar-refractivity contribution is -0.135. The normalized spacial score (nSPS) is 15.5. The highest BCUT2D eigenvalue weighted by molar-refractivity contribution is 5.85. The van der Waals surface area contributed by atoms with Crippen LogP contribution in [0.15, 0.2) is 30.3 Å². The number of carbonyl (C=O) groups excluding carboxylic acids is 2. The Morgan fingerprint density at radius 3 is 2.36 bits per heavy atom. The zero-order valence-corrected chi connectivity index (χ0v) is 13.3. The minimum absolute atomic E-state index is 0.0169. The number of hydrogen-bond donors (Lipinski definition) is 1. The topological polar surface area (TPSA) is 55.9 Å². The summed E-state index contributed by atoms with van der Waals surface area (Å²) in [5.41, 5.74) is 1.23. The van der Waals surface area contributed by atoms with Gasteiger partial charge in [-0.2, -0.15) is 0 Å². The number of amides is 2. The molecule has 1 aromatic rings. The summed E-state index contributed by atoms with van der Waals surface area (Å²) in [6.07, 6.45) is 0. The van der Waals surface area contributed by atoms with Gasteiger partial charge in [-0.3, -0.25) is 14.5 Å². The van der Waals surface area contributed by atoms with Gasteiger partial charge < -0.3 is 15.1 Å². The van der Waals surface area contributed by atoms with Crippen molar-refractivity contribution in [3.8, 4) is 0 Å². The Morgan fingerprint density at radius 2 is 1.77 bits per heavy atom. The molecule has 1 heterocycles. The van der Waals surface area contributed by atoms with Gasteiger partial charge in [-0.25, -0.2) is 0 Å². The number of rotatable bonds is 5. The van der Waals surface area contributed by atoms with Crippen LogP contribution in [-0.2, 0) is 9.59 Å². The molecule has 6 heteroatoms. The highest BCUT2D eigenvalue weighted by Gasteiger charge is 2.21. The summed E-state index contributed by atoms with van der Waals surface area (Å²) in [6, 6.07) is 10.3. The number of benzene rings is 1. The first-order valence-electron chi connectivity index (χ1n) is 7.57. The second-order valence-corrected chi connectivity index (χ2v) is 5.52. The van der Waals surface area contributed by atoms with E-state index in [4.69, 9.17) is 0 Å². The van der Waals surface area contributed by atoms with Gasteiger partial charge in [0.05, 0.1) is 13.1 Å². The molecular formula is C16H24N4O2. The Morgan fingerprint density at radius 1 is 1.14 bits per heavy atom. The van der Waals surface area contributed by atoms with Crippen LogP contribution in [0.25, 0.3) is 0 Å². The maximum absolute atomic E-state index is 12.1. The zero-order valence-electron chi connectivity index (χ0n) is 13.3. The Kier molecular flexibility index (Phi) is 5.77. The van der Waals surface area contributed by atoms with Crippen molar-refractivity contribution in [1.29, 1.82) is 0 Å². The molecule has 1 fully saturated rings. The van der Waals surface area contributed by atoms with E-state index in [1.165, 1.54) is 10.6 Å². The third kappa shape index (κ3) is 4.46. The maximum Gasteiger partial charge on any atom is 0.239 e. The number of carbonyl (C=O) groups is 2. The van der Waals surface area contributed by atoms with Crippen LogP contribution in [0.1, 0.15) is 0 Å². The molecule has 1 aliphatic heterocycles. The largest absolute Gasteiger partial charge is 0.369 e. The molecule has 2 amide bonds. The minimum atomic E-state index is -0.148. The monoisotopic (exact) mass is 304 g/mol. The Bertz CT molecular complexity index is 498. The van der Waals surface area contributed by atoms with E-state index < -0.39 is 0 Å². The van der Waals surface area contributed by atoms with Crippen molar-refractivity contribution >= 4 is 17.5 Å². The fourth-order valence-corrected chi connectivity index (χ4v) is 2.50. The van der Waals surface area contributed by atoms with Crippen LogP contribution in [0.4, 0.5) is 5.69 Å². The zero-order chi connectivity index (χ0) is 15.9. The molecule has 2 rings (SSSR count). The van der Waals surface area contributed by atoms with Crippen LogP contribution in [-0.4, -0.2) is 75.0 Å². The van der Waals surface area contributed by atoms with Gasteiger partial charge in [-0.05, 0) is 12.1 Å². The number of anilines is 1. The average molecular weight is 304 g/mol. The molecule has 1 aromatic carbocycles. The number of para-hydroxylation sites is 1. The lowest BCUT2D eigenvalue weighted by Gasteiger charge is -2.36. The molecule has 0 aliphatic carbocycles. The maximum atomic E-state index is 12.1. The van der Waals surface area contributed by atoms with Crippen molar-refractivity contribution in [3.63, 3.8) is 0 Å². The molecule has 1 aliphatic rings. The first-order valence-corrected chi connectivity index (χ1v) is 7.57. The lowest BCUT2D eigenvalue weighted by Crippen LogP contribution is -2.50. The molecule has 120 valence electrons. The second kappa shape index (κ2) is 7.79. The predicted octanol–water partition coefficient (Wildman–Crippen LogP) is 0.0130. The van der Waals surface area contributed by atoms with Crippen LogP contribution in [0.5, 0.6) is 0 Å². The summed E-state index contributed by atoms with van der Waals surface area (Å²) in [7, 11) is 3.24. The van der Waals surface area contributed by atoms with Gasteiger partial charge in [0.15, 0.2) is 0 Å². The van der Waals surface area contributed by atoms with Crippen LogP contribution in [0, 0.1) is 0 Å². The molecule has 22 heavy (non-hydrogen) atoms. The highest BCUT2D eigenvalue weighted by Crippen LogP contribution is 2.15. The van der Waals surface area contributed by atoms with Crippen molar-refractivity contribution in [2.75, 3.05) is 58.3 Å². The van der Waals surface area contributed by atoms with Crippen molar-refractivity contribution < 1.29 is 9.59 Å². The van der Waals surface area contributed by atoms with E-state index in [0.29, 0.717) is 6.54 Å². The molecule has 0 spiro atoms. The number of hydrogen-bond acceptors (Lipinski definition) is 4. The van der Waals surface area contributed by atoms with E-state index in [1.807, 2.05) is 18.2 Å². The Hall–Kier alpha value is -2.08. The first kappa shape index (κ1) is 16.3. The Balaban J connectivity index is 1.77. The lowest BCUT2D eigenvalue weighted by atomic mass is 10.2. The molecule has 0 bridgehead atoms. The summed E-state index contributed by atoms with van der Waals surface area (Å²) in [4.78, 5) is 29.3. The summed E-state index contributed by atoms with van der Waals surface area (Å²) >= 11 is 0. The van der Waals surface area contributed by atoms with Gasteiger partial charge in [0.2, 0.25) is 11.8 Å². The summed E-state index contributed by atoms with van der Waals surface area (Å²) in [5, 5.41) is 2.53. The van der Waals surface area contributed by atoms with Crippen molar-refractivity contribution in [2.45, 2.75) is 0 Å². The van der Waals surface area contributed by atoms with Crippen LogP contribution < -0.4 is 10.2 Å². The van der Waals surface area contributed by atoms with Crippen molar-refractivity contribution in [3.05, 3.63) is 30.3 Å². The van der Waals surface area contributed by atoms with E-state index >= 15 is 0 Å². The van der Waals surface area contributed by atoms with Crippen molar-refractivity contribution in [2.24, 2.45) is 0 Å². The molecule has 0 atom stereocenters. The van der Waals surface area contributed by atoms with Gasteiger partial charge in [0, 0.05) is 46.0 Å². The number of nitrogens with zero attached hydrogens (tertiary/aromatic N) is 3. The molecule has 0 saturated carbocycles. The van der Waals surface area contributed by atoms with Gasteiger partial charge in [0.25, 0.3) is 0 Å². The Labute approximate surface area is 131 Å². The van der Waals surface area contributed by atoms with Gasteiger partial charge in [-0.15, -0.1) is 0 Å². The van der Waals surface area contributed by atoms with E-state index in [0.717, 1.165) is 26.2 Å². The fraction of sp³-hybridized carbons (Fsp3) is 0.500. The fourth-order valence-electron chi connectivity index (χ4n) is 2.50. The van der Waals surface area contributed by atoms with Gasteiger partial charge >= 0.3 is 0 Å². The molecule has 6 nitrogen and oxygen atoms in total. The van der Waals surface area contributed by atoms with E-state index in [-0.39, 0.29) is 18.4 Å². The molecule has 0 unspecified atom stereocenters. The van der Waals surface area contributed by atoms with Gasteiger partial charge in [0.1, 0.15) is 0 Å². The highest BCUT2D eigenvalue weighted by atomic mass is 16.2. The van der Waals surface area contributed by atoms with E-state index in [1.54, 1.807) is 14.1 Å². The van der Waals surface area contributed by atoms with Gasteiger partial charge in [-0.1, -0.05) is 18.2 Å². The predicted molar refractivity (Wildman–Crippen MR) is 86.8 cm³/mol. The quantitative estimate of drug-likeness (QED) is 0.833. The van der Waals surface area contributed by atoms with Crippen LogP contribution in [0.3, 0.4) is 0 Å². The van der Waals surface area contributed by atoms with Crippen molar-refractivity contribution in [1.82, 2.24) is 15.1 Å². The third-order valence-electron chi connectivity index (χ3n) is 3.94. The first-order chi connectivity index (χ1) is 10.6. The van der Waals surface area contributed by atoms with E-state index in [2.05, 4.69) is 27.2 Å².